The summed E-state index contributed by atoms with van der Waals surface area (Å²) in [7, 11) is 0. The minimum absolute atomic E-state index is 0.00345. The molecular formula is C16H9ClN2O4. The molecule has 0 bridgehead atoms. The molecule has 0 aliphatic carbocycles. The first-order chi connectivity index (χ1) is 11.0. The van der Waals surface area contributed by atoms with E-state index in [1.807, 2.05) is 30.3 Å². The number of nitrogens with zero attached hydrogens (tertiary/aromatic N) is 2. The Labute approximate surface area is 135 Å². The van der Waals surface area contributed by atoms with Crippen molar-refractivity contribution in [2.24, 2.45) is 4.99 Å². The number of rotatable bonds is 3. The van der Waals surface area contributed by atoms with E-state index in [2.05, 4.69) is 4.99 Å². The van der Waals surface area contributed by atoms with Crippen LogP contribution in [0.3, 0.4) is 0 Å². The lowest BCUT2D eigenvalue weighted by Crippen LogP contribution is -2.06. The lowest BCUT2D eigenvalue weighted by molar-refractivity contribution is -0.384. The topological polar surface area (TPSA) is 81.8 Å². The number of cyclic esters (lactones) is 1. The van der Waals surface area contributed by atoms with Crippen LogP contribution in [0, 0.1) is 10.1 Å². The quantitative estimate of drug-likeness (QED) is 0.373. The van der Waals surface area contributed by atoms with Crippen LogP contribution in [-0.2, 0) is 9.53 Å². The van der Waals surface area contributed by atoms with Crippen LogP contribution in [0.2, 0.25) is 5.02 Å². The van der Waals surface area contributed by atoms with Crippen molar-refractivity contribution < 1.29 is 14.5 Å². The van der Waals surface area contributed by atoms with Crippen LogP contribution in [0.5, 0.6) is 0 Å². The van der Waals surface area contributed by atoms with E-state index in [1.54, 1.807) is 6.08 Å². The predicted molar refractivity (Wildman–Crippen MR) is 85.2 cm³/mol. The largest absolute Gasteiger partial charge is 0.402 e. The fourth-order valence-electron chi connectivity index (χ4n) is 2.03. The van der Waals surface area contributed by atoms with Gasteiger partial charge in [-0.15, -0.1) is 0 Å². The highest BCUT2D eigenvalue weighted by Gasteiger charge is 2.26. The van der Waals surface area contributed by atoms with Crippen molar-refractivity contribution in [2.75, 3.05) is 0 Å². The Morgan fingerprint density at radius 3 is 2.61 bits per heavy atom. The Hall–Kier alpha value is -2.99. The third-order valence-corrected chi connectivity index (χ3v) is 3.43. The molecule has 1 heterocycles. The average molecular weight is 329 g/mol. The van der Waals surface area contributed by atoms with Gasteiger partial charge in [0.25, 0.3) is 5.69 Å². The van der Waals surface area contributed by atoms with Gasteiger partial charge in [0.05, 0.1) is 4.92 Å². The molecule has 0 unspecified atom stereocenters. The maximum absolute atomic E-state index is 11.9. The van der Waals surface area contributed by atoms with Gasteiger partial charge in [-0.2, -0.15) is 0 Å². The first-order valence-corrected chi connectivity index (χ1v) is 6.94. The number of carbonyl (C=O) groups excluding carboxylic acids is 1. The third-order valence-electron chi connectivity index (χ3n) is 3.11. The molecule has 0 saturated carbocycles. The van der Waals surface area contributed by atoms with Crippen LogP contribution in [0.15, 0.2) is 59.2 Å². The summed E-state index contributed by atoms with van der Waals surface area (Å²) in [6.07, 6.45) is 1.58. The molecule has 1 aliphatic rings. The van der Waals surface area contributed by atoms with Crippen LogP contribution >= 0.6 is 11.6 Å². The van der Waals surface area contributed by atoms with Gasteiger partial charge in [-0.25, -0.2) is 9.79 Å². The average Bonchev–Trinajstić information content (AvgIpc) is 2.89. The number of hydrogen-bond acceptors (Lipinski definition) is 5. The van der Waals surface area contributed by atoms with E-state index in [0.717, 1.165) is 5.56 Å². The summed E-state index contributed by atoms with van der Waals surface area (Å²) in [5, 5.41) is 10.9. The van der Waals surface area contributed by atoms with Gasteiger partial charge in [0, 0.05) is 11.6 Å². The van der Waals surface area contributed by atoms with Crippen molar-refractivity contribution in [3.63, 3.8) is 0 Å². The zero-order valence-electron chi connectivity index (χ0n) is 11.6. The summed E-state index contributed by atoms with van der Waals surface area (Å²) < 4.78 is 5.08. The Morgan fingerprint density at radius 1 is 1.17 bits per heavy atom. The molecule has 0 saturated heterocycles. The highest BCUT2D eigenvalue weighted by molar-refractivity contribution is 6.32. The first-order valence-electron chi connectivity index (χ1n) is 6.56. The van der Waals surface area contributed by atoms with E-state index in [0.29, 0.717) is 5.56 Å². The van der Waals surface area contributed by atoms with Crippen molar-refractivity contribution in [3.05, 3.63) is 80.5 Å². The van der Waals surface area contributed by atoms with Crippen LogP contribution in [-0.4, -0.2) is 16.8 Å². The fourth-order valence-corrected chi connectivity index (χ4v) is 2.21. The van der Waals surface area contributed by atoms with Crippen molar-refractivity contribution in [1.29, 1.82) is 0 Å². The van der Waals surface area contributed by atoms with E-state index in [-0.39, 0.29) is 22.3 Å². The molecule has 2 aromatic carbocycles. The number of nitro groups is 1. The summed E-state index contributed by atoms with van der Waals surface area (Å²) in [4.78, 5) is 26.3. The Bertz CT molecular complexity index is 860. The maximum Gasteiger partial charge on any atom is 0.363 e. The second-order valence-corrected chi connectivity index (χ2v) is 5.08. The van der Waals surface area contributed by atoms with E-state index in [1.165, 1.54) is 18.2 Å². The fraction of sp³-hybridized carbons (Fsp3) is 0. The number of benzene rings is 2. The molecule has 3 rings (SSSR count). The van der Waals surface area contributed by atoms with Crippen molar-refractivity contribution in [2.45, 2.75) is 0 Å². The molecule has 0 radical (unpaired) electrons. The lowest BCUT2D eigenvalue weighted by Gasteiger charge is -2.00. The van der Waals surface area contributed by atoms with Crippen molar-refractivity contribution >= 4 is 35.2 Å². The smallest absolute Gasteiger partial charge is 0.363 e. The summed E-state index contributed by atoms with van der Waals surface area (Å²) in [5.74, 6) is -0.599. The van der Waals surface area contributed by atoms with Crippen LogP contribution in [0.25, 0.3) is 6.08 Å². The normalized spacial score (nSPS) is 15.4. The number of esters is 1. The van der Waals surface area contributed by atoms with Gasteiger partial charge in [0.2, 0.25) is 5.90 Å². The molecule has 0 aromatic heterocycles. The molecular weight excluding hydrogens is 320 g/mol. The predicted octanol–water partition coefficient (Wildman–Crippen LogP) is 3.59. The number of ether oxygens (including phenoxy) is 1. The Morgan fingerprint density at radius 2 is 1.91 bits per heavy atom. The molecule has 6 nitrogen and oxygen atoms in total. The summed E-state index contributed by atoms with van der Waals surface area (Å²) in [6.45, 7) is 0. The molecule has 0 amide bonds. The van der Waals surface area contributed by atoms with E-state index < -0.39 is 10.9 Å². The number of nitro benzene ring substituents is 1. The molecule has 2 aromatic rings. The second kappa shape index (κ2) is 6.02. The molecule has 1 aliphatic heterocycles. The second-order valence-electron chi connectivity index (χ2n) is 4.67. The SMILES string of the molecule is O=C1OC(c2ccc(Cl)c([N+](=O)[O-])c2)=N/C1=C\c1ccccc1. The Kier molecular flexibility index (Phi) is 3.91. The minimum atomic E-state index is -0.610. The highest BCUT2D eigenvalue weighted by Crippen LogP contribution is 2.27. The maximum atomic E-state index is 11.9. The number of carbonyl (C=O) groups is 1. The van der Waals surface area contributed by atoms with Gasteiger partial charge in [-0.3, -0.25) is 10.1 Å². The molecule has 0 N–H and O–H groups in total. The molecule has 0 fully saturated rings. The Balaban J connectivity index is 1.97. The number of hydrogen-bond donors (Lipinski definition) is 0. The van der Waals surface area contributed by atoms with Gasteiger partial charge < -0.3 is 4.74 Å². The molecule has 0 spiro atoms. The molecule has 114 valence electrons. The minimum Gasteiger partial charge on any atom is -0.402 e. The monoisotopic (exact) mass is 328 g/mol. The van der Waals surface area contributed by atoms with Gasteiger partial charge in [0.1, 0.15) is 5.02 Å². The van der Waals surface area contributed by atoms with Crippen LogP contribution in [0.4, 0.5) is 5.69 Å². The number of halogens is 1. The first kappa shape index (κ1) is 14.9. The third kappa shape index (κ3) is 3.12. The van der Waals surface area contributed by atoms with E-state index >= 15 is 0 Å². The van der Waals surface area contributed by atoms with E-state index in [9.17, 15) is 14.9 Å². The molecule has 23 heavy (non-hydrogen) atoms. The lowest BCUT2D eigenvalue weighted by atomic mass is 10.2. The summed E-state index contributed by atoms with van der Waals surface area (Å²) >= 11 is 5.76. The van der Waals surface area contributed by atoms with Gasteiger partial charge in [-0.05, 0) is 23.8 Å². The zero-order valence-corrected chi connectivity index (χ0v) is 12.4. The molecule has 7 heteroatoms. The zero-order chi connectivity index (χ0) is 16.4. The van der Waals surface area contributed by atoms with Crippen molar-refractivity contribution in [3.8, 4) is 0 Å². The van der Waals surface area contributed by atoms with Gasteiger partial charge >= 0.3 is 5.97 Å². The summed E-state index contributed by atoms with van der Waals surface area (Å²) in [6, 6.07) is 13.3. The molecule has 0 atom stereocenters. The standard InChI is InChI=1S/C16H9ClN2O4/c17-12-7-6-11(9-14(12)19(21)22)15-18-13(16(20)23-15)8-10-4-2-1-3-5-10/h1-9H/b13-8-. The van der Waals surface area contributed by atoms with Crippen LogP contribution < -0.4 is 0 Å². The highest BCUT2D eigenvalue weighted by atomic mass is 35.5. The van der Waals surface area contributed by atoms with Crippen molar-refractivity contribution in [1.82, 2.24) is 0 Å². The van der Waals surface area contributed by atoms with Crippen LogP contribution in [0.1, 0.15) is 11.1 Å². The van der Waals surface area contributed by atoms with Gasteiger partial charge in [0.15, 0.2) is 5.70 Å². The van der Waals surface area contributed by atoms with E-state index in [4.69, 9.17) is 16.3 Å². The summed E-state index contributed by atoms with van der Waals surface area (Å²) in [5.41, 5.74) is 0.963. The number of aliphatic imine (C=N–C) groups is 1. The van der Waals surface area contributed by atoms with Gasteiger partial charge in [-0.1, -0.05) is 41.9 Å².